The monoisotopic (exact) mass is 365 g/mol. The largest absolute Gasteiger partial charge is 0.493 e. The van der Waals surface area contributed by atoms with Crippen molar-refractivity contribution in [1.82, 2.24) is 10.6 Å². The van der Waals surface area contributed by atoms with Crippen LogP contribution in [0.25, 0.3) is 0 Å². The van der Waals surface area contributed by atoms with Crippen molar-refractivity contribution < 1.29 is 19.3 Å². The molecule has 0 aromatic heterocycles. The lowest BCUT2D eigenvalue weighted by Gasteiger charge is -2.27. The molecule has 0 saturated carbocycles. The second-order valence-electron chi connectivity index (χ2n) is 6.47. The summed E-state index contributed by atoms with van der Waals surface area (Å²) in [5, 5.41) is 16.0. The van der Waals surface area contributed by atoms with Crippen LogP contribution in [0.1, 0.15) is 25.3 Å². The second kappa shape index (κ2) is 10.2. The Morgan fingerprint density at radius 3 is 2.81 bits per heavy atom. The number of hydrogen-bond donors (Lipinski definition) is 3. The predicted octanol–water partition coefficient (Wildman–Crippen LogP) is 1.55. The van der Waals surface area contributed by atoms with E-state index in [2.05, 4.69) is 15.6 Å². The minimum atomic E-state index is -0.0191. The summed E-state index contributed by atoms with van der Waals surface area (Å²) in [6.45, 7) is 5.48. The summed E-state index contributed by atoms with van der Waals surface area (Å²) < 4.78 is 16.5. The second-order valence-corrected chi connectivity index (χ2v) is 6.47. The van der Waals surface area contributed by atoms with Crippen molar-refractivity contribution in [2.75, 3.05) is 47.1 Å². The molecule has 1 saturated heterocycles. The Morgan fingerprint density at radius 2 is 2.19 bits per heavy atom. The molecule has 1 aromatic carbocycles. The van der Waals surface area contributed by atoms with Crippen LogP contribution in [0, 0.1) is 5.41 Å². The lowest BCUT2D eigenvalue weighted by molar-refractivity contribution is 0.127. The molecule has 1 aromatic rings. The number of rotatable bonds is 9. The topological polar surface area (TPSA) is 84.3 Å². The van der Waals surface area contributed by atoms with Gasteiger partial charge < -0.3 is 30.0 Å². The molecule has 0 amide bonds. The highest BCUT2D eigenvalue weighted by Gasteiger charge is 2.34. The summed E-state index contributed by atoms with van der Waals surface area (Å²) in [4.78, 5) is 4.28. The molecular weight excluding hydrogens is 334 g/mol. The fourth-order valence-corrected chi connectivity index (χ4v) is 3.09. The number of ether oxygens (including phenoxy) is 3. The van der Waals surface area contributed by atoms with Crippen LogP contribution in [-0.2, 0) is 11.3 Å². The highest BCUT2D eigenvalue weighted by Crippen LogP contribution is 2.31. The van der Waals surface area contributed by atoms with Crippen molar-refractivity contribution in [1.29, 1.82) is 0 Å². The number of nitrogens with one attached hydrogen (secondary N) is 2. The van der Waals surface area contributed by atoms with Crippen LogP contribution in [0.15, 0.2) is 23.2 Å². The van der Waals surface area contributed by atoms with E-state index in [9.17, 15) is 5.11 Å². The SMILES string of the molecule is CCOc1ccc(CNC(=NC)NCC2(CCO)CCOC2)cc1OC. The first-order chi connectivity index (χ1) is 12.7. The number of aliphatic imine (C=N–C) groups is 1. The smallest absolute Gasteiger partial charge is 0.191 e. The first-order valence-corrected chi connectivity index (χ1v) is 9.09. The summed E-state index contributed by atoms with van der Waals surface area (Å²) in [5.41, 5.74) is 1.05. The lowest BCUT2D eigenvalue weighted by atomic mass is 9.84. The van der Waals surface area contributed by atoms with E-state index < -0.39 is 0 Å². The van der Waals surface area contributed by atoms with Crippen molar-refractivity contribution >= 4 is 5.96 Å². The van der Waals surface area contributed by atoms with Crippen molar-refractivity contribution in [2.24, 2.45) is 10.4 Å². The number of aliphatic hydroxyl groups excluding tert-OH is 1. The first kappa shape index (κ1) is 20.3. The molecule has 7 heteroatoms. The number of methoxy groups -OCH3 is 1. The molecule has 1 aliphatic heterocycles. The van der Waals surface area contributed by atoms with Crippen LogP contribution in [0.4, 0.5) is 0 Å². The molecule has 1 heterocycles. The lowest BCUT2D eigenvalue weighted by Crippen LogP contribution is -2.44. The van der Waals surface area contributed by atoms with E-state index in [0.717, 1.165) is 49.0 Å². The quantitative estimate of drug-likeness (QED) is 0.455. The minimum Gasteiger partial charge on any atom is -0.493 e. The van der Waals surface area contributed by atoms with Crippen LogP contribution >= 0.6 is 0 Å². The summed E-state index contributed by atoms with van der Waals surface area (Å²) >= 11 is 0. The Kier molecular flexibility index (Phi) is 8.00. The van der Waals surface area contributed by atoms with Crippen molar-refractivity contribution in [2.45, 2.75) is 26.3 Å². The van der Waals surface area contributed by atoms with E-state index in [0.29, 0.717) is 19.8 Å². The molecule has 3 N–H and O–H groups in total. The van der Waals surface area contributed by atoms with Crippen LogP contribution in [0.5, 0.6) is 11.5 Å². The molecule has 1 aliphatic rings. The van der Waals surface area contributed by atoms with E-state index in [1.54, 1.807) is 14.2 Å². The summed E-state index contributed by atoms with van der Waals surface area (Å²) in [7, 11) is 3.39. The Bertz CT molecular complexity index is 586. The molecule has 2 rings (SSSR count). The van der Waals surface area contributed by atoms with Crippen LogP contribution in [-0.4, -0.2) is 58.2 Å². The molecule has 0 spiro atoms. The maximum atomic E-state index is 9.33. The molecule has 7 nitrogen and oxygen atoms in total. The summed E-state index contributed by atoms with van der Waals surface area (Å²) in [6.07, 6.45) is 1.68. The zero-order valence-corrected chi connectivity index (χ0v) is 16.0. The molecule has 0 bridgehead atoms. The highest BCUT2D eigenvalue weighted by atomic mass is 16.5. The molecule has 0 aliphatic carbocycles. The average molecular weight is 365 g/mol. The molecule has 146 valence electrons. The number of hydrogen-bond acceptors (Lipinski definition) is 5. The Balaban J connectivity index is 1.90. The molecule has 1 unspecified atom stereocenters. The van der Waals surface area contributed by atoms with E-state index in [1.165, 1.54) is 0 Å². The van der Waals surface area contributed by atoms with Gasteiger partial charge in [0.15, 0.2) is 17.5 Å². The van der Waals surface area contributed by atoms with Crippen molar-refractivity contribution in [3.8, 4) is 11.5 Å². The third kappa shape index (κ3) is 5.51. The maximum absolute atomic E-state index is 9.33. The van der Waals surface area contributed by atoms with E-state index in [1.807, 2.05) is 25.1 Å². The minimum absolute atomic E-state index is 0.0191. The van der Waals surface area contributed by atoms with Gasteiger partial charge in [0.1, 0.15) is 0 Å². The van der Waals surface area contributed by atoms with Gasteiger partial charge >= 0.3 is 0 Å². The maximum Gasteiger partial charge on any atom is 0.191 e. The molecule has 26 heavy (non-hydrogen) atoms. The van der Waals surface area contributed by atoms with E-state index in [-0.39, 0.29) is 12.0 Å². The Labute approximate surface area is 155 Å². The van der Waals surface area contributed by atoms with Gasteiger partial charge in [-0.2, -0.15) is 0 Å². The molecular formula is C19H31N3O4. The third-order valence-corrected chi connectivity index (χ3v) is 4.67. The van der Waals surface area contributed by atoms with Gasteiger partial charge in [-0.25, -0.2) is 0 Å². The van der Waals surface area contributed by atoms with Gasteiger partial charge in [-0.15, -0.1) is 0 Å². The third-order valence-electron chi connectivity index (χ3n) is 4.67. The first-order valence-electron chi connectivity index (χ1n) is 9.09. The van der Waals surface area contributed by atoms with Crippen LogP contribution in [0.2, 0.25) is 0 Å². The molecule has 0 radical (unpaired) electrons. The summed E-state index contributed by atoms with van der Waals surface area (Å²) in [6, 6.07) is 5.89. The van der Waals surface area contributed by atoms with Crippen molar-refractivity contribution in [3.63, 3.8) is 0 Å². The highest BCUT2D eigenvalue weighted by molar-refractivity contribution is 5.79. The zero-order valence-electron chi connectivity index (χ0n) is 16.0. The van der Waals surface area contributed by atoms with Gasteiger partial charge in [-0.1, -0.05) is 6.07 Å². The van der Waals surface area contributed by atoms with Gasteiger partial charge in [0, 0.05) is 38.8 Å². The fraction of sp³-hybridized carbons (Fsp3) is 0.632. The molecule has 1 atom stereocenters. The number of aliphatic hydroxyl groups is 1. The number of guanidine groups is 1. The fourth-order valence-electron chi connectivity index (χ4n) is 3.09. The van der Waals surface area contributed by atoms with Crippen LogP contribution < -0.4 is 20.1 Å². The Morgan fingerprint density at radius 1 is 1.35 bits per heavy atom. The molecule has 1 fully saturated rings. The Hall–Kier alpha value is -1.99. The van der Waals surface area contributed by atoms with E-state index in [4.69, 9.17) is 14.2 Å². The van der Waals surface area contributed by atoms with Gasteiger partial charge in [0.25, 0.3) is 0 Å². The van der Waals surface area contributed by atoms with Gasteiger partial charge in [-0.05, 0) is 37.5 Å². The standard InChI is InChI=1S/C19H31N3O4/c1-4-26-16-6-5-15(11-17(16)24-3)12-21-18(20-2)22-13-19(7-9-23)8-10-25-14-19/h5-6,11,23H,4,7-10,12-14H2,1-3H3,(H2,20,21,22). The normalized spacial score (nSPS) is 20.1. The van der Waals surface area contributed by atoms with Gasteiger partial charge in [0.05, 0.1) is 20.3 Å². The zero-order chi connectivity index (χ0) is 18.8. The van der Waals surface area contributed by atoms with Gasteiger partial charge in [-0.3, -0.25) is 4.99 Å². The number of benzene rings is 1. The summed E-state index contributed by atoms with van der Waals surface area (Å²) in [5.74, 6) is 2.19. The van der Waals surface area contributed by atoms with E-state index >= 15 is 0 Å². The number of nitrogens with zero attached hydrogens (tertiary/aromatic N) is 1. The van der Waals surface area contributed by atoms with Crippen molar-refractivity contribution in [3.05, 3.63) is 23.8 Å². The average Bonchev–Trinajstić information content (AvgIpc) is 3.12. The van der Waals surface area contributed by atoms with Gasteiger partial charge in [0.2, 0.25) is 0 Å². The predicted molar refractivity (Wildman–Crippen MR) is 102 cm³/mol. The van der Waals surface area contributed by atoms with Crippen LogP contribution in [0.3, 0.4) is 0 Å².